The molecule has 0 atom stereocenters. The van der Waals surface area contributed by atoms with Crippen LogP contribution in [-0.2, 0) is 0 Å². The second kappa shape index (κ2) is 5.82. The van der Waals surface area contributed by atoms with E-state index in [2.05, 4.69) is 44.3 Å². The molecule has 0 aliphatic heterocycles. The third-order valence-corrected chi connectivity index (χ3v) is 3.13. The fourth-order valence-electron chi connectivity index (χ4n) is 2.02. The molecule has 0 radical (unpaired) electrons. The van der Waals surface area contributed by atoms with Crippen molar-refractivity contribution in [3.05, 3.63) is 31.0 Å². The van der Waals surface area contributed by atoms with Crippen LogP contribution in [0.25, 0.3) is 17.2 Å². The molecular formula is C14H17N7. The van der Waals surface area contributed by atoms with Crippen LogP contribution in [0.1, 0.15) is 20.3 Å². The van der Waals surface area contributed by atoms with Crippen molar-refractivity contribution in [2.24, 2.45) is 5.92 Å². The Bertz CT molecular complexity index is 721. The van der Waals surface area contributed by atoms with Gasteiger partial charge in [-0.05, 0) is 12.3 Å². The zero-order valence-corrected chi connectivity index (χ0v) is 12.1. The van der Waals surface area contributed by atoms with Gasteiger partial charge < -0.3 is 5.32 Å². The van der Waals surface area contributed by atoms with E-state index in [0.717, 1.165) is 18.8 Å². The Morgan fingerprint density at radius 1 is 1.14 bits per heavy atom. The molecule has 0 saturated carbocycles. The Balaban J connectivity index is 1.93. The van der Waals surface area contributed by atoms with Crippen molar-refractivity contribution in [3.63, 3.8) is 0 Å². The highest BCUT2D eigenvalue weighted by molar-refractivity contribution is 5.66. The van der Waals surface area contributed by atoms with Gasteiger partial charge in [0.05, 0.1) is 6.20 Å². The van der Waals surface area contributed by atoms with Gasteiger partial charge in [-0.2, -0.15) is 0 Å². The summed E-state index contributed by atoms with van der Waals surface area (Å²) in [4.78, 5) is 12.7. The molecule has 3 rings (SSSR count). The average molecular weight is 283 g/mol. The number of nitrogens with one attached hydrogen (secondary N) is 1. The van der Waals surface area contributed by atoms with E-state index >= 15 is 0 Å². The molecule has 3 aromatic heterocycles. The van der Waals surface area contributed by atoms with E-state index < -0.39 is 0 Å². The Kier molecular flexibility index (Phi) is 3.72. The maximum atomic E-state index is 4.34. The zero-order chi connectivity index (χ0) is 14.7. The van der Waals surface area contributed by atoms with E-state index in [1.807, 2.05) is 10.6 Å². The molecule has 0 amide bonds. The molecule has 0 bridgehead atoms. The quantitative estimate of drug-likeness (QED) is 0.771. The van der Waals surface area contributed by atoms with Crippen LogP contribution in [0, 0.1) is 5.92 Å². The van der Waals surface area contributed by atoms with Crippen LogP contribution in [0.4, 0.5) is 5.82 Å². The number of rotatable bonds is 5. The first-order valence-electron chi connectivity index (χ1n) is 6.95. The van der Waals surface area contributed by atoms with Gasteiger partial charge >= 0.3 is 0 Å². The van der Waals surface area contributed by atoms with E-state index in [1.54, 1.807) is 24.8 Å². The van der Waals surface area contributed by atoms with E-state index in [0.29, 0.717) is 23.1 Å². The third kappa shape index (κ3) is 2.81. The van der Waals surface area contributed by atoms with Crippen molar-refractivity contribution in [3.8, 4) is 11.5 Å². The standard InChI is InChI=1S/C14H17N7/c1-10(2)3-4-17-12-14-20-19-13(21(14)8-7-18-12)11-9-15-5-6-16-11/h5-10H,3-4H2,1-2H3,(H,17,18). The van der Waals surface area contributed by atoms with Crippen molar-refractivity contribution >= 4 is 11.5 Å². The van der Waals surface area contributed by atoms with Crippen molar-refractivity contribution in [1.82, 2.24) is 29.5 Å². The van der Waals surface area contributed by atoms with E-state index in [-0.39, 0.29) is 0 Å². The minimum Gasteiger partial charge on any atom is -0.367 e. The molecule has 0 aliphatic carbocycles. The fraction of sp³-hybridized carbons (Fsp3) is 0.357. The molecule has 0 aliphatic rings. The highest BCUT2D eigenvalue weighted by atomic mass is 15.3. The normalized spacial score (nSPS) is 11.2. The summed E-state index contributed by atoms with van der Waals surface area (Å²) >= 11 is 0. The first-order valence-corrected chi connectivity index (χ1v) is 6.95. The lowest BCUT2D eigenvalue weighted by Crippen LogP contribution is -2.07. The van der Waals surface area contributed by atoms with Gasteiger partial charge in [-0.1, -0.05) is 13.8 Å². The molecule has 0 saturated heterocycles. The minimum absolute atomic E-state index is 0.644. The van der Waals surface area contributed by atoms with E-state index in [9.17, 15) is 0 Å². The van der Waals surface area contributed by atoms with Gasteiger partial charge in [0, 0.05) is 31.3 Å². The van der Waals surface area contributed by atoms with Gasteiger partial charge in [0.25, 0.3) is 0 Å². The zero-order valence-electron chi connectivity index (χ0n) is 12.1. The van der Waals surface area contributed by atoms with Crippen molar-refractivity contribution in [2.45, 2.75) is 20.3 Å². The maximum absolute atomic E-state index is 4.34. The monoisotopic (exact) mass is 283 g/mol. The fourth-order valence-corrected chi connectivity index (χ4v) is 2.02. The maximum Gasteiger partial charge on any atom is 0.203 e. The predicted molar refractivity (Wildman–Crippen MR) is 79.8 cm³/mol. The van der Waals surface area contributed by atoms with Gasteiger partial charge in [0.15, 0.2) is 11.6 Å². The third-order valence-electron chi connectivity index (χ3n) is 3.13. The summed E-state index contributed by atoms with van der Waals surface area (Å²) in [6, 6.07) is 0. The molecule has 0 aromatic carbocycles. The van der Waals surface area contributed by atoms with Crippen LogP contribution in [0.3, 0.4) is 0 Å². The summed E-state index contributed by atoms with van der Waals surface area (Å²) < 4.78 is 1.87. The number of anilines is 1. The smallest absolute Gasteiger partial charge is 0.203 e. The van der Waals surface area contributed by atoms with Crippen LogP contribution in [-0.4, -0.2) is 36.1 Å². The summed E-state index contributed by atoms with van der Waals surface area (Å²) in [5, 5.41) is 11.7. The summed E-state index contributed by atoms with van der Waals surface area (Å²) in [7, 11) is 0. The Hall–Kier alpha value is -2.57. The second-order valence-corrected chi connectivity index (χ2v) is 5.19. The molecule has 7 heteroatoms. The Labute approximate surface area is 122 Å². The van der Waals surface area contributed by atoms with Crippen LogP contribution in [0.15, 0.2) is 31.0 Å². The topological polar surface area (TPSA) is 80.9 Å². The minimum atomic E-state index is 0.644. The molecule has 7 nitrogen and oxygen atoms in total. The van der Waals surface area contributed by atoms with Crippen LogP contribution >= 0.6 is 0 Å². The molecule has 1 N–H and O–H groups in total. The lowest BCUT2D eigenvalue weighted by molar-refractivity contribution is 0.606. The first-order chi connectivity index (χ1) is 10.3. The SMILES string of the molecule is CC(C)CCNc1nccn2c(-c3cnccn3)nnc12. The van der Waals surface area contributed by atoms with Crippen molar-refractivity contribution in [1.29, 1.82) is 0 Å². The number of hydrogen-bond acceptors (Lipinski definition) is 6. The highest BCUT2D eigenvalue weighted by Crippen LogP contribution is 2.18. The average Bonchev–Trinajstić information content (AvgIpc) is 2.92. The van der Waals surface area contributed by atoms with Crippen LogP contribution < -0.4 is 5.32 Å². The molecule has 3 heterocycles. The molecule has 3 aromatic rings. The second-order valence-electron chi connectivity index (χ2n) is 5.19. The van der Waals surface area contributed by atoms with Crippen LogP contribution in [0.5, 0.6) is 0 Å². The summed E-state index contributed by atoms with van der Waals surface area (Å²) in [5.41, 5.74) is 1.38. The largest absolute Gasteiger partial charge is 0.367 e. The summed E-state index contributed by atoms with van der Waals surface area (Å²) in [6.45, 7) is 5.25. The molecule has 0 unspecified atom stereocenters. The van der Waals surface area contributed by atoms with Gasteiger partial charge in [0.2, 0.25) is 5.65 Å². The molecule has 0 fully saturated rings. The molecule has 108 valence electrons. The van der Waals surface area contributed by atoms with Gasteiger partial charge in [-0.15, -0.1) is 10.2 Å². The number of nitrogens with zero attached hydrogens (tertiary/aromatic N) is 6. The predicted octanol–water partition coefficient (Wildman–Crippen LogP) is 2.04. The van der Waals surface area contributed by atoms with E-state index in [1.165, 1.54) is 0 Å². The highest BCUT2D eigenvalue weighted by Gasteiger charge is 2.12. The van der Waals surface area contributed by atoms with Crippen molar-refractivity contribution < 1.29 is 0 Å². The summed E-state index contributed by atoms with van der Waals surface area (Å²) in [5.74, 6) is 2.04. The lowest BCUT2D eigenvalue weighted by atomic mass is 10.1. The number of aromatic nitrogens is 6. The van der Waals surface area contributed by atoms with Gasteiger partial charge in [-0.3, -0.25) is 9.38 Å². The number of fused-ring (bicyclic) bond motifs is 1. The Morgan fingerprint density at radius 3 is 2.81 bits per heavy atom. The van der Waals surface area contributed by atoms with Gasteiger partial charge in [-0.25, -0.2) is 9.97 Å². The molecule has 0 spiro atoms. The lowest BCUT2D eigenvalue weighted by Gasteiger charge is -2.08. The van der Waals surface area contributed by atoms with Gasteiger partial charge in [0.1, 0.15) is 5.69 Å². The molecule has 21 heavy (non-hydrogen) atoms. The summed E-state index contributed by atoms with van der Waals surface area (Å²) in [6.07, 6.45) is 9.57. The number of hydrogen-bond donors (Lipinski definition) is 1. The van der Waals surface area contributed by atoms with Crippen molar-refractivity contribution in [2.75, 3.05) is 11.9 Å². The first kappa shape index (κ1) is 13.4. The van der Waals surface area contributed by atoms with E-state index in [4.69, 9.17) is 0 Å². The van der Waals surface area contributed by atoms with Crippen LogP contribution in [0.2, 0.25) is 0 Å². The Morgan fingerprint density at radius 2 is 2.05 bits per heavy atom. The molecular weight excluding hydrogens is 266 g/mol.